The quantitative estimate of drug-likeness (QED) is 0.433. The third kappa shape index (κ3) is 3.48. The maximum Gasteiger partial charge on any atom is 0.297 e. The van der Waals surface area contributed by atoms with Crippen molar-refractivity contribution >= 4 is 27.7 Å². The van der Waals surface area contributed by atoms with Crippen molar-refractivity contribution in [1.82, 2.24) is 0 Å². The van der Waals surface area contributed by atoms with Gasteiger partial charge in [0.2, 0.25) is 0 Å². The number of nitrogens with one attached hydrogen (secondary N) is 2. The molecule has 140 valence electrons. The Kier molecular flexibility index (Phi) is 4.30. The SMILES string of the molecule is Cc1ccc2c(=NNc3ccc4ccccc4[nH+]3)cc(-c3ccccc3)oc2c1. The van der Waals surface area contributed by atoms with E-state index in [-0.39, 0.29) is 0 Å². The van der Waals surface area contributed by atoms with E-state index in [1.165, 1.54) is 0 Å². The molecule has 0 saturated carbocycles. The molecule has 4 nitrogen and oxygen atoms in total. The van der Waals surface area contributed by atoms with E-state index in [9.17, 15) is 0 Å². The Morgan fingerprint density at radius 3 is 2.55 bits per heavy atom. The van der Waals surface area contributed by atoms with Gasteiger partial charge in [0.25, 0.3) is 5.82 Å². The minimum Gasteiger partial charge on any atom is -0.456 e. The second-order valence-corrected chi connectivity index (χ2v) is 7.04. The van der Waals surface area contributed by atoms with Crippen molar-refractivity contribution < 1.29 is 9.40 Å². The van der Waals surface area contributed by atoms with Crippen LogP contribution in [0.15, 0.2) is 101 Å². The van der Waals surface area contributed by atoms with E-state index in [1.807, 2.05) is 72.8 Å². The van der Waals surface area contributed by atoms with Gasteiger partial charge in [-0.05, 0) is 36.8 Å². The molecule has 5 aromatic rings. The third-order valence-electron chi connectivity index (χ3n) is 4.92. The van der Waals surface area contributed by atoms with E-state index in [4.69, 9.17) is 4.42 Å². The number of fused-ring (bicyclic) bond motifs is 2. The molecule has 0 fully saturated rings. The molecule has 2 aromatic heterocycles. The van der Waals surface area contributed by atoms with Crippen LogP contribution in [0, 0.1) is 6.92 Å². The summed E-state index contributed by atoms with van der Waals surface area (Å²) in [7, 11) is 0. The fourth-order valence-electron chi connectivity index (χ4n) is 3.41. The highest BCUT2D eigenvalue weighted by molar-refractivity contribution is 5.79. The highest BCUT2D eigenvalue weighted by Gasteiger charge is 2.08. The number of benzene rings is 3. The van der Waals surface area contributed by atoms with Crippen molar-refractivity contribution in [2.75, 3.05) is 5.43 Å². The number of anilines is 1. The number of rotatable bonds is 3. The first-order valence-electron chi connectivity index (χ1n) is 9.57. The summed E-state index contributed by atoms with van der Waals surface area (Å²) in [5.41, 5.74) is 7.20. The van der Waals surface area contributed by atoms with Gasteiger partial charge >= 0.3 is 0 Å². The molecule has 3 aromatic carbocycles. The van der Waals surface area contributed by atoms with E-state index in [0.717, 1.165) is 49.9 Å². The molecule has 2 heterocycles. The van der Waals surface area contributed by atoms with Crippen LogP contribution in [-0.2, 0) is 0 Å². The van der Waals surface area contributed by atoms with Gasteiger partial charge in [-0.2, -0.15) is 0 Å². The highest BCUT2D eigenvalue weighted by atomic mass is 16.3. The number of nitrogens with zero attached hydrogens (tertiary/aromatic N) is 1. The molecule has 2 N–H and O–H groups in total. The first kappa shape index (κ1) is 17.2. The second kappa shape index (κ2) is 7.24. The highest BCUT2D eigenvalue weighted by Crippen LogP contribution is 2.22. The molecule has 0 atom stereocenters. The standard InChI is InChI=1S/C25H19N3O/c1-17-11-13-20-22(16-23(29-24(20)15-17)19-8-3-2-4-9-19)27-28-25-14-12-18-7-5-6-10-21(18)26-25/h2-16H,1H3,(H,26,28)/p+1. The van der Waals surface area contributed by atoms with E-state index < -0.39 is 0 Å². The smallest absolute Gasteiger partial charge is 0.297 e. The lowest BCUT2D eigenvalue weighted by atomic mass is 10.1. The number of hydrogen-bond donors (Lipinski definition) is 1. The predicted molar refractivity (Wildman–Crippen MR) is 116 cm³/mol. The lowest BCUT2D eigenvalue weighted by Gasteiger charge is -2.05. The number of pyridine rings is 1. The van der Waals surface area contributed by atoms with Crippen molar-refractivity contribution in [3.63, 3.8) is 0 Å². The van der Waals surface area contributed by atoms with Crippen LogP contribution in [0.4, 0.5) is 5.82 Å². The van der Waals surface area contributed by atoms with Crippen LogP contribution >= 0.6 is 0 Å². The summed E-state index contributed by atoms with van der Waals surface area (Å²) in [6.07, 6.45) is 0. The van der Waals surface area contributed by atoms with Gasteiger partial charge in [-0.25, -0.2) is 4.98 Å². The number of aryl methyl sites for hydroxylation is 1. The lowest BCUT2D eigenvalue weighted by molar-refractivity contribution is -0.327. The first-order chi connectivity index (χ1) is 14.3. The molecule has 5 rings (SSSR count). The second-order valence-electron chi connectivity index (χ2n) is 7.04. The van der Waals surface area contributed by atoms with E-state index in [2.05, 4.69) is 40.6 Å². The molecule has 29 heavy (non-hydrogen) atoms. The Balaban J connectivity index is 1.63. The Bertz CT molecular complexity index is 1390. The minimum atomic E-state index is 0.784. The third-order valence-corrected chi connectivity index (χ3v) is 4.92. The molecule has 0 aliphatic rings. The van der Waals surface area contributed by atoms with Gasteiger partial charge in [0, 0.05) is 28.5 Å². The molecule has 0 aliphatic carbocycles. The van der Waals surface area contributed by atoms with Gasteiger partial charge in [-0.15, -0.1) is 5.43 Å². The summed E-state index contributed by atoms with van der Waals surface area (Å²) >= 11 is 0. The minimum absolute atomic E-state index is 0.784. The van der Waals surface area contributed by atoms with Crippen LogP contribution in [0.2, 0.25) is 0 Å². The number of aromatic amines is 1. The Labute approximate surface area is 168 Å². The maximum atomic E-state index is 6.18. The molecule has 4 heteroatoms. The van der Waals surface area contributed by atoms with Gasteiger partial charge in [0.05, 0.1) is 0 Å². The summed E-state index contributed by atoms with van der Waals surface area (Å²) in [5, 5.41) is 7.63. The lowest BCUT2D eigenvalue weighted by Crippen LogP contribution is -2.14. The zero-order chi connectivity index (χ0) is 19.6. The summed E-state index contributed by atoms with van der Waals surface area (Å²) < 4.78 is 6.18. The Morgan fingerprint density at radius 1 is 0.828 bits per heavy atom. The number of para-hydroxylation sites is 1. The summed E-state index contributed by atoms with van der Waals surface area (Å²) in [6.45, 7) is 2.06. The van der Waals surface area contributed by atoms with Crippen LogP contribution in [0.5, 0.6) is 0 Å². The first-order valence-corrected chi connectivity index (χ1v) is 9.57. The normalized spacial score (nSPS) is 11.8. The molecular weight excluding hydrogens is 358 g/mol. The molecule has 0 aliphatic heterocycles. The van der Waals surface area contributed by atoms with E-state index in [0.29, 0.717) is 0 Å². The maximum absolute atomic E-state index is 6.18. The van der Waals surface area contributed by atoms with E-state index in [1.54, 1.807) is 0 Å². The van der Waals surface area contributed by atoms with Gasteiger partial charge in [-0.1, -0.05) is 59.7 Å². The zero-order valence-electron chi connectivity index (χ0n) is 16.0. The van der Waals surface area contributed by atoms with E-state index >= 15 is 0 Å². The van der Waals surface area contributed by atoms with Crippen LogP contribution in [0.25, 0.3) is 33.2 Å². The van der Waals surface area contributed by atoms with Crippen LogP contribution in [-0.4, -0.2) is 0 Å². The summed E-state index contributed by atoms with van der Waals surface area (Å²) in [5.74, 6) is 1.61. The van der Waals surface area contributed by atoms with Crippen molar-refractivity contribution in [2.24, 2.45) is 5.10 Å². The molecule has 0 saturated heterocycles. The fourth-order valence-corrected chi connectivity index (χ4v) is 3.41. The molecule has 0 spiro atoms. The molecule has 0 bridgehead atoms. The average Bonchev–Trinajstić information content (AvgIpc) is 2.77. The van der Waals surface area contributed by atoms with Crippen molar-refractivity contribution in [1.29, 1.82) is 0 Å². The van der Waals surface area contributed by atoms with Crippen molar-refractivity contribution in [3.8, 4) is 11.3 Å². The topological polar surface area (TPSA) is 51.7 Å². The zero-order valence-corrected chi connectivity index (χ0v) is 16.0. The fraction of sp³-hybridized carbons (Fsp3) is 0.0400. The van der Waals surface area contributed by atoms with Crippen LogP contribution < -0.4 is 15.8 Å². The number of hydrogen-bond acceptors (Lipinski definition) is 3. The van der Waals surface area contributed by atoms with Crippen LogP contribution in [0.1, 0.15) is 5.56 Å². The van der Waals surface area contributed by atoms with Gasteiger partial charge in [0.1, 0.15) is 22.2 Å². The summed E-state index contributed by atoms with van der Waals surface area (Å²) in [4.78, 5) is 3.37. The number of H-pyrrole nitrogens is 1. The van der Waals surface area contributed by atoms with Gasteiger partial charge in [-0.3, -0.25) is 0 Å². The molecule has 0 radical (unpaired) electrons. The summed E-state index contributed by atoms with van der Waals surface area (Å²) in [6, 6.07) is 30.4. The number of aromatic nitrogens is 1. The van der Waals surface area contributed by atoms with Crippen molar-refractivity contribution in [2.45, 2.75) is 6.92 Å². The average molecular weight is 378 g/mol. The Morgan fingerprint density at radius 2 is 1.66 bits per heavy atom. The van der Waals surface area contributed by atoms with Gasteiger partial charge in [0.15, 0.2) is 0 Å². The largest absolute Gasteiger partial charge is 0.456 e. The Hall–Kier alpha value is -3.92. The molecule has 0 unspecified atom stereocenters. The molecular formula is C25H20N3O+. The predicted octanol–water partition coefficient (Wildman–Crippen LogP) is 5.30. The van der Waals surface area contributed by atoms with Crippen molar-refractivity contribution in [3.05, 3.63) is 102 Å². The molecule has 0 amide bonds. The van der Waals surface area contributed by atoms with Crippen LogP contribution in [0.3, 0.4) is 0 Å². The van der Waals surface area contributed by atoms with Gasteiger partial charge < -0.3 is 4.42 Å². The monoisotopic (exact) mass is 378 g/mol.